The molecule has 1 unspecified atom stereocenters. The van der Waals surface area contributed by atoms with Gasteiger partial charge in [0.1, 0.15) is 12.3 Å². The molecule has 0 radical (unpaired) electrons. The number of hydrogen-bond acceptors (Lipinski definition) is 4. The first kappa shape index (κ1) is 20.5. The number of carbonyl (C=O) groups excluding carboxylic acids is 3. The van der Waals surface area contributed by atoms with Gasteiger partial charge in [-0.25, -0.2) is 0 Å². The summed E-state index contributed by atoms with van der Waals surface area (Å²) in [5, 5.41) is 15.4. The van der Waals surface area contributed by atoms with E-state index in [1.54, 1.807) is 30.3 Å². The average molecular weight is 436 g/mol. The number of hydrogen-bond donors (Lipinski definition) is 2. The number of nitrogens with one attached hydrogen (secondary N) is 1. The largest absolute Gasteiger partial charge is 0.508 e. The number of benzene rings is 4. The Morgan fingerprint density at radius 3 is 2.09 bits per heavy atom. The molecule has 1 aliphatic rings. The molecule has 0 bridgehead atoms. The lowest BCUT2D eigenvalue weighted by atomic mass is 9.92. The zero-order valence-corrected chi connectivity index (χ0v) is 17.6. The highest BCUT2D eigenvalue weighted by Gasteiger charge is 2.36. The molecule has 0 saturated heterocycles. The third-order valence-corrected chi connectivity index (χ3v) is 5.85. The highest BCUT2D eigenvalue weighted by molar-refractivity contribution is 6.22. The van der Waals surface area contributed by atoms with Crippen LogP contribution in [0, 0.1) is 0 Å². The van der Waals surface area contributed by atoms with Gasteiger partial charge in [-0.2, -0.15) is 0 Å². The first-order valence-corrected chi connectivity index (χ1v) is 10.5. The number of aromatic hydroxyl groups is 1. The van der Waals surface area contributed by atoms with E-state index in [2.05, 4.69) is 5.32 Å². The maximum atomic E-state index is 13.1. The highest BCUT2D eigenvalue weighted by Crippen LogP contribution is 2.36. The molecule has 162 valence electrons. The number of nitrogens with zero attached hydrogens (tertiary/aromatic N) is 1. The van der Waals surface area contributed by atoms with Gasteiger partial charge in [-0.05, 0) is 34.5 Å². The Balaban J connectivity index is 1.49. The van der Waals surface area contributed by atoms with Crippen LogP contribution in [0.5, 0.6) is 5.75 Å². The molecule has 0 spiro atoms. The van der Waals surface area contributed by atoms with Crippen molar-refractivity contribution in [2.45, 2.75) is 6.04 Å². The first-order valence-electron chi connectivity index (χ1n) is 10.5. The number of imide groups is 1. The molecule has 4 aromatic carbocycles. The van der Waals surface area contributed by atoms with Gasteiger partial charge in [0.05, 0.1) is 17.2 Å². The van der Waals surface area contributed by atoms with Crippen molar-refractivity contribution in [3.8, 4) is 5.75 Å². The summed E-state index contributed by atoms with van der Waals surface area (Å²) < 4.78 is 0. The van der Waals surface area contributed by atoms with E-state index in [1.165, 1.54) is 0 Å². The average Bonchev–Trinajstić information content (AvgIpc) is 3.08. The Kier molecular flexibility index (Phi) is 5.11. The topological polar surface area (TPSA) is 86.7 Å². The van der Waals surface area contributed by atoms with Crippen LogP contribution < -0.4 is 5.32 Å². The lowest BCUT2D eigenvalue weighted by Gasteiger charge is -2.24. The van der Waals surface area contributed by atoms with Crippen LogP contribution in [0.3, 0.4) is 0 Å². The molecule has 1 aliphatic heterocycles. The van der Waals surface area contributed by atoms with Crippen LogP contribution in [-0.2, 0) is 4.79 Å². The molecule has 0 fully saturated rings. The zero-order valence-electron chi connectivity index (χ0n) is 17.6. The molecular weight excluding hydrogens is 416 g/mol. The van der Waals surface area contributed by atoms with Crippen LogP contribution in [-0.4, -0.2) is 34.3 Å². The lowest BCUT2D eigenvalue weighted by molar-refractivity contribution is -0.121. The zero-order chi connectivity index (χ0) is 22.9. The SMILES string of the molecule is O=C(CN1C(=O)c2ccccc2C1=O)NC(c1ccccc1)c1c(O)ccc2ccccc12. The van der Waals surface area contributed by atoms with Crippen LogP contribution in [0.25, 0.3) is 10.8 Å². The van der Waals surface area contributed by atoms with Gasteiger partial charge in [0.25, 0.3) is 11.8 Å². The molecule has 2 N–H and O–H groups in total. The van der Waals surface area contributed by atoms with E-state index >= 15 is 0 Å². The molecule has 1 atom stereocenters. The van der Waals surface area contributed by atoms with Gasteiger partial charge >= 0.3 is 0 Å². The molecule has 3 amide bonds. The molecule has 0 saturated carbocycles. The lowest BCUT2D eigenvalue weighted by Crippen LogP contribution is -2.41. The Morgan fingerprint density at radius 1 is 0.788 bits per heavy atom. The predicted octanol–water partition coefficient (Wildman–Crippen LogP) is 4.05. The summed E-state index contributed by atoms with van der Waals surface area (Å²) in [5.74, 6) is -1.45. The van der Waals surface area contributed by atoms with E-state index in [4.69, 9.17) is 0 Å². The number of phenols is 1. The second-order valence-electron chi connectivity index (χ2n) is 7.87. The van der Waals surface area contributed by atoms with Gasteiger partial charge in [-0.3, -0.25) is 19.3 Å². The van der Waals surface area contributed by atoms with Crippen molar-refractivity contribution in [1.29, 1.82) is 0 Å². The molecule has 6 heteroatoms. The maximum Gasteiger partial charge on any atom is 0.262 e. The molecule has 1 heterocycles. The van der Waals surface area contributed by atoms with Crippen LogP contribution in [0.1, 0.15) is 37.9 Å². The molecular formula is C27H20N2O4. The van der Waals surface area contributed by atoms with Crippen molar-refractivity contribution in [3.05, 3.63) is 113 Å². The minimum atomic E-state index is -0.681. The fraction of sp³-hybridized carbons (Fsp3) is 0.0741. The van der Waals surface area contributed by atoms with Gasteiger partial charge in [-0.15, -0.1) is 0 Å². The van der Waals surface area contributed by atoms with Crippen molar-refractivity contribution >= 4 is 28.5 Å². The van der Waals surface area contributed by atoms with E-state index in [0.717, 1.165) is 21.2 Å². The number of phenolic OH excluding ortho intramolecular Hbond substituents is 1. The summed E-state index contributed by atoms with van der Waals surface area (Å²) in [6.45, 7) is -0.415. The van der Waals surface area contributed by atoms with E-state index in [0.29, 0.717) is 16.7 Å². The normalized spacial score (nSPS) is 13.8. The molecule has 4 aromatic rings. The third kappa shape index (κ3) is 3.61. The summed E-state index contributed by atoms with van der Waals surface area (Å²) in [5.41, 5.74) is 1.90. The van der Waals surface area contributed by atoms with Crippen LogP contribution in [0.2, 0.25) is 0 Å². The fourth-order valence-electron chi connectivity index (χ4n) is 4.29. The van der Waals surface area contributed by atoms with Gasteiger partial charge in [0, 0.05) is 5.56 Å². The number of amides is 3. The summed E-state index contributed by atoms with van der Waals surface area (Å²) in [6, 6.07) is 26.1. The Morgan fingerprint density at radius 2 is 1.39 bits per heavy atom. The van der Waals surface area contributed by atoms with E-state index in [1.807, 2.05) is 60.7 Å². The Hall–Kier alpha value is -4.45. The number of rotatable bonds is 5. The summed E-state index contributed by atoms with van der Waals surface area (Å²) in [6.07, 6.45) is 0. The Bertz CT molecular complexity index is 1360. The molecule has 0 aliphatic carbocycles. The van der Waals surface area contributed by atoms with Gasteiger partial charge in [0.2, 0.25) is 5.91 Å². The summed E-state index contributed by atoms with van der Waals surface area (Å²) in [4.78, 5) is 39.4. The van der Waals surface area contributed by atoms with Crippen LogP contribution >= 0.6 is 0 Å². The smallest absolute Gasteiger partial charge is 0.262 e. The minimum Gasteiger partial charge on any atom is -0.508 e. The number of carbonyl (C=O) groups is 3. The van der Waals surface area contributed by atoms with Crippen LogP contribution in [0.15, 0.2) is 91.0 Å². The standard InChI is InChI=1S/C27H20N2O4/c30-22-15-14-17-8-4-5-11-19(17)24(22)25(18-9-2-1-3-10-18)28-23(31)16-29-26(32)20-12-6-7-13-21(20)27(29)33/h1-15,25,30H,16H2,(H,28,31). The Labute approximate surface area is 190 Å². The minimum absolute atomic E-state index is 0.0450. The highest BCUT2D eigenvalue weighted by atomic mass is 16.3. The van der Waals surface area contributed by atoms with E-state index < -0.39 is 30.3 Å². The fourth-order valence-corrected chi connectivity index (χ4v) is 4.29. The van der Waals surface area contributed by atoms with Crippen LogP contribution in [0.4, 0.5) is 0 Å². The second kappa shape index (κ2) is 8.24. The van der Waals surface area contributed by atoms with E-state index in [9.17, 15) is 19.5 Å². The van der Waals surface area contributed by atoms with E-state index in [-0.39, 0.29) is 5.75 Å². The van der Waals surface area contributed by atoms with Gasteiger partial charge in [0.15, 0.2) is 0 Å². The quantitative estimate of drug-likeness (QED) is 0.462. The van der Waals surface area contributed by atoms with Crippen molar-refractivity contribution in [3.63, 3.8) is 0 Å². The molecule has 0 aromatic heterocycles. The van der Waals surface area contributed by atoms with Crippen molar-refractivity contribution < 1.29 is 19.5 Å². The summed E-state index contributed by atoms with van der Waals surface area (Å²) >= 11 is 0. The second-order valence-corrected chi connectivity index (χ2v) is 7.87. The molecule has 33 heavy (non-hydrogen) atoms. The summed E-state index contributed by atoms with van der Waals surface area (Å²) in [7, 11) is 0. The van der Waals surface area contributed by atoms with Gasteiger partial charge < -0.3 is 10.4 Å². The third-order valence-electron chi connectivity index (χ3n) is 5.85. The van der Waals surface area contributed by atoms with Crippen molar-refractivity contribution in [2.75, 3.05) is 6.54 Å². The van der Waals surface area contributed by atoms with Gasteiger partial charge in [-0.1, -0.05) is 72.8 Å². The maximum absolute atomic E-state index is 13.1. The monoisotopic (exact) mass is 436 g/mol. The van der Waals surface area contributed by atoms with Crippen molar-refractivity contribution in [1.82, 2.24) is 10.2 Å². The first-order chi connectivity index (χ1) is 16.0. The predicted molar refractivity (Wildman–Crippen MR) is 124 cm³/mol. The van der Waals surface area contributed by atoms with Crippen molar-refractivity contribution in [2.24, 2.45) is 0 Å². The molecule has 6 nitrogen and oxygen atoms in total. The molecule has 5 rings (SSSR count). The number of fused-ring (bicyclic) bond motifs is 2.